The molecule has 1 saturated carbocycles. The number of allylic oxidation sites excluding steroid dienone is 2. The van der Waals surface area contributed by atoms with Gasteiger partial charge >= 0.3 is 5.69 Å². The summed E-state index contributed by atoms with van der Waals surface area (Å²) < 4.78 is 30.2. The van der Waals surface area contributed by atoms with Crippen LogP contribution in [0.5, 0.6) is 0 Å². The number of aryl methyl sites for hydroxylation is 1. The third-order valence-electron chi connectivity index (χ3n) is 7.41. The van der Waals surface area contributed by atoms with Gasteiger partial charge < -0.3 is 15.5 Å². The van der Waals surface area contributed by atoms with Crippen molar-refractivity contribution in [2.24, 2.45) is 0 Å². The highest BCUT2D eigenvalue weighted by molar-refractivity contribution is 5.93. The van der Waals surface area contributed by atoms with E-state index in [1.165, 1.54) is 21.4 Å². The standard InChI is InChI=1S/C28H26F2N6O3/c1-16-3-2-4-21(11-16)35-25-22(12-18(30)13-31-25)27(38)36(28(35)39)20-8-6-19(7-9-20)32-26(37)23-15-34-14-17(29)5-10-24(34)33-23/h2-5,10-15,19-20,24,33H,6-9H2,1H3,(H,32,37). The molecule has 4 heterocycles. The average molecular weight is 533 g/mol. The van der Waals surface area contributed by atoms with Crippen molar-refractivity contribution in [2.75, 3.05) is 0 Å². The number of nitrogens with zero attached hydrogens (tertiary/aromatic N) is 4. The van der Waals surface area contributed by atoms with E-state index >= 15 is 0 Å². The molecular formula is C28H26F2N6O3. The number of aromatic nitrogens is 3. The second-order valence-corrected chi connectivity index (χ2v) is 10.1. The first-order chi connectivity index (χ1) is 18.8. The molecule has 0 bridgehead atoms. The Bertz CT molecular complexity index is 1700. The molecule has 2 N–H and O–H groups in total. The summed E-state index contributed by atoms with van der Waals surface area (Å²) in [6.07, 6.45) is 8.56. The molecule has 200 valence electrons. The van der Waals surface area contributed by atoms with Gasteiger partial charge in [0, 0.05) is 24.5 Å². The van der Waals surface area contributed by atoms with Gasteiger partial charge in [0.2, 0.25) is 0 Å². The summed E-state index contributed by atoms with van der Waals surface area (Å²) in [6, 6.07) is 7.79. The zero-order valence-corrected chi connectivity index (χ0v) is 21.1. The highest BCUT2D eigenvalue weighted by atomic mass is 19.1. The molecule has 3 aliphatic rings. The van der Waals surface area contributed by atoms with E-state index in [1.807, 2.05) is 19.1 Å². The maximum absolute atomic E-state index is 14.1. The molecule has 1 aliphatic carbocycles. The van der Waals surface area contributed by atoms with Crippen molar-refractivity contribution < 1.29 is 13.6 Å². The first kappa shape index (κ1) is 24.8. The molecule has 11 heteroatoms. The van der Waals surface area contributed by atoms with E-state index < -0.39 is 28.9 Å². The summed E-state index contributed by atoms with van der Waals surface area (Å²) in [6.45, 7) is 1.89. The van der Waals surface area contributed by atoms with Crippen LogP contribution >= 0.6 is 0 Å². The number of benzene rings is 1. The maximum Gasteiger partial charge on any atom is 0.337 e. The number of hydrogen-bond acceptors (Lipinski definition) is 6. The monoisotopic (exact) mass is 532 g/mol. The van der Waals surface area contributed by atoms with Crippen LogP contribution in [-0.4, -0.2) is 37.1 Å². The fourth-order valence-corrected chi connectivity index (χ4v) is 5.50. The van der Waals surface area contributed by atoms with Crippen molar-refractivity contribution in [1.82, 2.24) is 29.7 Å². The smallest absolute Gasteiger partial charge is 0.337 e. The molecule has 3 aromatic rings. The van der Waals surface area contributed by atoms with Crippen LogP contribution in [0.4, 0.5) is 8.78 Å². The minimum atomic E-state index is -0.660. The lowest BCUT2D eigenvalue weighted by atomic mass is 9.90. The van der Waals surface area contributed by atoms with Crippen molar-refractivity contribution in [3.05, 3.63) is 105 Å². The SMILES string of the molecule is Cc1cccc(-n2c(=O)n(C3CCC(NC(=O)C4=CN5C=C(F)C=CC5N4)CC3)c(=O)c3cc(F)cnc32)c1. The second-order valence-electron chi connectivity index (χ2n) is 10.1. The van der Waals surface area contributed by atoms with Crippen molar-refractivity contribution in [3.8, 4) is 5.69 Å². The molecule has 0 radical (unpaired) electrons. The molecule has 9 nitrogen and oxygen atoms in total. The van der Waals surface area contributed by atoms with E-state index in [0.29, 0.717) is 37.1 Å². The predicted molar refractivity (Wildman–Crippen MR) is 141 cm³/mol. The molecule has 1 fully saturated rings. The molecule has 1 aromatic carbocycles. The van der Waals surface area contributed by atoms with E-state index in [9.17, 15) is 23.2 Å². The zero-order chi connectivity index (χ0) is 27.3. The van der Waals surface area contributed by atoms with Gasteiger partial charge in [0.1, 0.15) is 23.5 Å². The first-order valence-corrected chi connectivity index (χ1v) is 12.8. The van der Waals surface area contributed by atoms with E-state index in [1.54, 1.807) is 29.3 Å². The number of nitrogens with one attached hydrogen (secondary N) is 2. The maximum atomic E-state index is 14.1. The molecule has 39 heavy (non-hydrogen) atoms. The summed E-state index contributed by atoms with van der Waals surface area (Å²) in [7, 11) is 0. The van der Waals surface area contributed by atoms with E-state index in [-0.39, 0.29) is 29.1 Å². The topological polar surface area (TPSA) is 101 Å². The van der Waals surface area contributed by atoms with Gasteiger partial charge in [-0.1, -0.05) is 12.1 Å². The fraction of sp³-hybridized carbons (Fsp3) is 0.286. The Morgan fingerprint density at radius 2 is 1.90 bits per heavy atom. The number of fused-ring (bicyclic) bond motifs is 2. The third-order valence-corrected chi connectivity index (χ3v) is 7.41. The lowest BCUT2D eigenvalue weighted by molar-refractivity contribution is -0.118. The predicted octanol–water partition coefficient (Wildman–Crippen LogP) is 3.05. The molecule has 6 rings (SSSR count). The molecule has 0 spiro atoms. The molecular weight excluding hydrogens is 506 g/mol. The van der Waals surface area contributed by atoms with Crippen LogP contribution in [0.2, 0.25) is 0 Å². The Labute approximate surface area is 221 Å². The quantitative estimate of drug-likeness (QED) is 0.536. The number of hydrogen-bond donors (Lipinski definition) is 2. The van der Waals surface area contributed by atoms with Crippen LogP contribution < -0.4 is 21.9 Å². The number of carbonyl (C=O) groups excluding carboxylic acids is 1. The van der Waals surface area contributed by atoms with E-state index in [4.69, 9.17) is 0 Å². The van der Waals surface area contributed by atoms with Crippen LogP contribution in [0, 0.1) is 12.7 Å². The van der Waals surface area contributed by atoms with E-state index in [2.05, 4.69) is 15.6 Å². The van der Waals surface area contributed by atoms with E-state index in [0.717, 1.165) is 17.8 Å². The van der Waals surface area contributed by atoms with Gasteiger partial charge in [-0.25, -0.2) is 23.1 Å². The summed E-state index contributed by atoms with van der Waals surface area (Å²) in [5.41, 5.74) is 0.783. The van der Waals surface area contributed by atoms with Crippen molar-refractivity contribution in [1.29, 1.82) is 0 Å². The van der Waals surface area contributed by atoms with Crippen LogP contribution in [-0.2, 0) is 4.79 Å². The van der Waals surface area contributed by atoms with Gasteiger partial charge in [0.05, 0.1) is 17.3 Å². The molecule has 1 unspecified atom stereocenters. The van der Waals surface area contributed by atoms with Gasteiger partial charge in [0.25, 0.3) is 11.5 Å². The molecule has 0 saturated heterocycles. The van der Waals surface area contributed by atoms with Crippen LogP contribution in [0.25, 0.3) is 16.7 Å². The second kappa shape index (κ2) is 9.64. The van der Waals surface area contributed by atoms with Gasteiger partial charge in [-0.3, -0.25) is 14.2 Å². The Morgan fingerprint density at radius 1 is 1.10 bits per heavy atom. The lowest BCUT2D eigenvalue weighted by Gasteiger charge is -2.30. The minimum Gasteiger partial charge on any atom is -0.356 e. The average Bonchev–Trinajstić information content (AvgIpc) is 3.34. The van der Waals surface area contributed by atoms with Crippen LogP contribution in [0.3, 0.4) is 0 Å². The molecule has 2 aliphatic heterocycles. The third kappa shape index (κ3) is 4.53. The number of pyridine rings is 1. The fourth-order valence-electron chi connectivity index (χ4n) is 5.50. The highest BCUT2D eigenvalue weighted by Gasteiger charge is 2.31. The highest BCUT2D eigenvalue weighted by Crippen LogP contribution is 2.28. The molecule has 2 aromatic heterocycles. The Kier molecular flexibility index (Phi) is 6.13. The first-order valence-electron chi connectivity index (χ1n) is 12.8. The van der Waals surface area contributed by atoms with Crippen LogP contribution in [0.15, 0.2) is 82.2 Å². The number of rotatable bonds is 4. The normalized spacial score (nSPS) is 22.2. The summed E-state index contributed by atoms with van der Waals surface area (Å²) in [5.74, 6) is -1.36. The number of amides is 1. The lowest BCUT2D eigenvalue weighted by Crippen LogP contribution is -2.46. The summed E-state index contributed by atoms with van der Waals surface area (Å²) >= 11 is 0. The summed E-state index contributed by atoms with van der Waals surface area (Å²) in [5, 5.41) is 6.08. The number of carbonyl (C=O) groups is 1. The summed E-state index contributed by atoms with van der Waals surface area (Å²) in [4.78, 5) is 45.7. The number of halogens is 2. The van der Waals surface area contributed by atoms with Crippen molar-refractivity contribution in [2.45, 2.75) is 50.9 Å². The Morgan fingerprint density at radius 3 is 2.67 bits per heavy atom. The van der Waals surface area contributed by atoms with Gasteiger partial charge in [-0.05, 0) is 68.5 Å². The largest absolute Gasteiger partial charge is 0.356 e. The van der Waals surface area contributed by atoms with Gasteiger partial charge in [-0.2, -0.15) is 0 Å². The van der Waals surface area contributed by atoms with Crippen molar-refractivity contribution >= 4 is 16.9 Å². The zero-order valence-electron chi connectivity index (χ0n) is 21.1. The minimum absolute atomic E-state index is 0.0294. The Hall–Kier alpha value is -4.54. The van der Waals surface area contributed by atoms with Crippen LogP contribution in [0.1, 0.15) is 37.3 Å². The Balaban J connectivity index is 1.25. The molecule has 1 atom stereocenters. The molecule has 1 amide bonds. The van der Waals surface area contributed by atoms with Gasteiger partial charge in [-0.15, -0.1) is 0 Å². The van der Waals surface area contributed by atoms with Crippen molar-refractivity contribution in [3.63, 3.8) is 0 Å². The van der Waals surface area contributed by atoms with Gasteiger partial charge in [0.15, 0.2) is 5.65 Å².